The average molecular weight is 315 g/mol. The first-order valence-corrected chi connectivity index (χ1v) is 8.30. The SMILES string of the molecule is [C-]#[N+]c1ccc(CCC(=O)OCC)c(NC2CCC(N)CC2)c1. The van der Waals surface area contributed by atoms with E-state index in [0.717, 1.165) is 36.9 Å². The van der Waals surface area contributed by atoms with Crippen molar-refractivity contribution in [1.82, 2.24) is 0 Å². The standard InChI is InChI=1S/C18H25N3O2/c1-3-23-18(22)11-5-13-4-8-16(20-2)12-17(13)21-15-9-6-14(19)7-10-15/h4,8,12,14-15,21H,3,5-7,9-11,19H2,1H3. The van der Waals surface area contributed by atoms with Crippen molar-refractivity contribution in [3.8, 4) is 0 Å². The van der Waals surface area contributed by atoms with E-state index >= 15 is 0 Å². The highest BCUT2D eigenvalue weighted by Crippen LogP contribution is 2.28. The molecular weight excluding hydrogens is 290 g/mol. The molecule has 1 fully saturated rings. The topological polar surface area (TPSA) is 68.7 Å². The number of nitrogens with two attached hydrogens (primary N) is 1. The number of ether oxygens (including phenoxy) is 1. The first-order valence-electron chi connectivity index (χ1n) is 8.30. The molecule has 5 nitrogen and oxygen atoms in total. The second kappa shape index (κ2) is 8.54. The van der Waals surface area contributed by atoms with Gasteiger partial charge in [-0.3, -0.25) is 4.79 Å². The average Bonchev–Trinajstić information content (AvgIpc) is 2.56. The second-order valence-corrected chi connectivity index (χ2v) is 6.01. The molecule has 5 heteroatoms. The highest BCUT2D eigenvalue weighted by atomic mass is 16.5. The summed E-state index contributed by atoms with van der Waals surface area (Å²) in [5.41, 5.74) is 8.58. The summed E-state index contributed by atoms with van der Waals surface area (Å²) >= 11 is 0. The van der Waals surface area contributed by atoms with Crippen LogP contribution < -0.4 is 11.1 Å². The summed E-state index contributed by atoms with van der Waals surface area (Å²) < 4.78 is 4.99. The zero-order chi connectivity index (χ0) is 16.7. The number of aryl methyl sites for hydroxylation is 1. The molecule has 0 aliphatic heterocycles. The number of esters is 1. The van der Waals surface area contributed by atoms with Gasteiger partial charge < -0.3 is 15.8 Å². The Bertz CT molecular complexity index is 572. The molecule has 0 radical (unpaired) electrons. The summed E-state index contributed by atoms with van der Waals surface area (Å²) in [6.45, 7) is 9.40. The van der Waals surface area contributed by atoms with Crippen molar-refractivity contribution in [2.45, 2.75) is 57.5 Å². The number of nitrogens with one attached hydrogen (secondary N) is 1. The molecule has 1 aromatic rings. The van der Waals surface area contributed by atoms with Gasteiger partial charge in [-0.15, -0.1) is 0 Å². The van der Waals surface area contributed by atoms with Gasteiger partial charge >= 0.3 is 5.97 Å². The van der Waals surface area contributed by atoms with Crippen LogP contribution in [0.3, 0.4) is 0 Å². The molecule has 0 unspecified atom stereocenters. The Balaban J connectivity index is 2.05. The fourth-order valence-electron chi connectivity index (χ4n) is 2.94. The van der Waals surface area contributed by atoms with Crippen molar-refractivity contribution < 1.29 is 9.53 Å². The van der Waals surface area contributed by atoms with Crippen LogP contribution in [0.25, 0.3) is 4.85 Å². The highest BCUT2D eigenvalue weighted by molar-refractivity contribution is 5.71. The van der Waals surface area contributed by atoms with Crippen molar-refractivity contribution in [1.29, 1.82) is 0 Å². The van der Waals surface area contributed by atoms with Gasteiger partial charge in [0.05, 0.1) is 13.2 Å². The Kier molecular flexibility index (Phi) is 6.42. The Morgan fingerprint density at radius 2 is 2.13 bits per heavy atom. The van der Waals surface area contributed by atoms with Crippen LogP contribution in [0, 0.1) is 6.57 Å². The van der Waals surface area contributed by atoms with Crippen molar-refractivity contribution >= 4 is 17.3 Å². The van der Waals surface area contributed by atoms with Crippen molar-refractivity contribution in [2.75, 3.05) is 11.9 Å². The lowest BCUT2D eigenvalue weighted by atomic mass is 9.91. The van der Waals surface area contributed by atoms with Gasteiger partial charge in [0, 0.05) is 24.2 Å². The molecular formula is C18H25N3O2. The molecule has 1 aromatic carbocycles. The van der Waals surface area contributed by atoms with Crippen LogP contribution in [0.15, 0.2) is 18.2 Å². The first-order chi connectivity index (χ1) is 11.1. The van der Waals surface area contributed by atoms with E-state index in [-0.39, 0.29) is 5.97 Å². The van der Waals surface area contributed by atoms with Gasteiger partial charge in [-0.2, -0.15) is 0 Å². The zero-order valence-corrected chi connectivity index (χ0v) is 13.7. The Labute approximate surface area is 138 Å². The largest absolute Gasteiger partial charge is 0.466 e. The third-order valence-corrected chi connectivity index (χ3v) is 4.26. The first kappa shape index (κ1) is 17.3. The highest BCUT2D eigenvalue weighted by Gasteiger charge is 2.19. The molecule has 1 saturated carbocycles. The number of carbonyl (C=O) groups excluding carboxylic acids is 1. The van der Waals surface area contributed by atoms with Crippen LogP contribution in [0.4, 0.5) is 11.4 Å². The number of rotatable bonds is 6. The lowest BCUT2D eigenvalue weighted by molar-refractivity contribution is -0.143. The van der Waals surface area contributed by atoms with Crippen LogP contribution >= 0.6 is 0 Å². The van der Waals surface area contributed by atoms with Gasteiger partial charge in [0.25, 0.3) is 0 Å². The predicted molar refractivity (Wildman–Crippen MR) is 91.5 cm³/mol. The van der Waals surface area contributed by atoms with Crippen LogP contribution in [0.1, 0.15) is 44.6 Å². The van der Waals surface area contributed by atoms with Gasteiger partial charge in [-0.05, 0) is 50.7 Å². The molecule has 23 heavy (non-hydrogen) atoms. The smallest absolute Gasteiger partial charge is 0.306 e. The Morgan fingerprint density at radius 1 is 1.39 bits per heavy atom. The van der Waals surface area contributed by atoms with Gasteiger partial charge in [0.15, 0.2) is 5.69 Å². The molecule has 0 saturated heterocycles. The van der Waals surface area contributed by atoms with E-state index in [4.69, 9.17) is 17.0 Å². The van der Waals surface area contributed by atoms with E-state index < -0.39 is 0 Å². The van der Waals surface area contributed by atoms with Gasteiger partial charge in [0.2, 0.25) is 0 Å². The van der Waals surface area contributed by atoms with Crippen molar-refractivity contribution in [3.63, 3.8) is 0 Å². The molecule has 3 N–H and O–H groups in total. The molecule has 0 spiro atoms. The minimum atomic E-state index is -0.184. The summed E-state index contributed by atoms with van der Waals surface area (Å²) in [6, 6.07) is 6.31. The number of anilines is 1. The third-order valence-electron chi connectivity index (χ3n) is 4.26. The maximum absolute atomic E-state index is 11.6. The Hall–Kier alpha value is -2.06. The molecule has 0 atom stereocenters. The molecule has 124 valence electrons. The molecule has 2 rings (SSSR count). The summed E-state index contributed by atoms with van der Waals surface area (Å²) in [4.78, 5) is 15.1. The minimum absolute atomic E-state index is 0.184. The van der Waals surface area contributed by atoms with E-state index in [1.165, 1.54) is 0 Å². The molecule has 1 aliphatic carbocycles. The van der Waals surface area contributed by atoms with E-state index in [9.17, 15) is 4.79 Å². The molecule has 0 amide bonds. The van der Waals surface area contributed by atoms with Gasteiger partial charge in [0.1, 0.15) is 0 Å². The maximum Gasteiger partial charge on any atom is 0.306 e. The zero-order valence-electron chi connectivity index (χ0n) is 13.7. The van der Waals surface area contributed by atoms with Crippen LogP contribution in [-0.4, -0.2) is 24.7 Å². The third kappa shape index (κ3) is 5.26. The minimum Gasteiger partial charge on any atom is -0.466 e. The van der Waals surface area contributed by atoms with E-state index in [0.29, 0.717) is 37.2 Å². The predicted octanol–water partition coefficient (Wildman–Crippen LogP) is 3.41. The monoisotopic (exact) mass is 315 g/mol. The number of hydrogen-bond acceptors (Lipinski definition) is 4. The summed E-state index contributed by atoms with van der Waals surface area (Å²) in [5, 5.41) is 3.55. The van der Waals surface area contributed by atoms with Crippen molar-refractivity contribution in [2.24, 2.45) is 5.73 Å². The second-order valence-electron chi connectivity index (χ2n) is 6.01. The summed E-state index contributed by atoms with van der Waals surface area (Å²) in [6.07, 6.45) is 5.11. The van der Waals surface area contributed by atoms with Crippen LogP contribution in [-0.2, 0) is 16.0 Å². The van der Waals surface area contributed by atoms with Crippen molar-refractivity contribution in [3.05, 3.63) is 35.2 Å². The van der Waals surface area contributed by atoms with Crippen LogP contribution in [0.2, 0.25) is 0 Å². The number of nitrogens with zero attached hydrogens (tertiary/aromatic N) is 1. The number of hydrogen-bond donors (Lipinski definition) is 2. The lowest BCUT2D eigenvalue weighted by Crippen LogP contribution is -2.33. The number of carbonyl (C=O) groups is 1. The molecule has 0 heterocycles. The van der Waals surface area contributed by atoms with E-state index in [1.807, 2.05) is 19.1 Å². The van der Waals surface area contributed by atoms with Gasteiger partial charge in [-0.1, -0.05) is 12.1 Å². The van der Waals surface area contributed by atoms with E-state index in [1.54, 1.807) is 6.07 Å². The molecule has 1 aliphatic rings. The quantitative estimate of drug-likeness (QED) is 0.623. The van der Waals surface area contributed by atoms with E-state index in [2.05, 4.69) is 10.2 Å². The number of benzene rings is 1. The van der Waals surface area contributed by atoms with Gasteiger partial charge in [-0.25, -0.2) is 4.85 Å². The summed E-state index contributed by atoms with van der Waals surface area (Å²) in [7, 11) is 0. The summed E-state index contributed by atoms with van der Waals surface area (Å²) in [5.74, 6) is -0.184. The fourth-order valence-corrected chi connectivity index (χ4v) is 2.94. The normalized spacial score (nSPS) is 20.6. The lowest BCUT2D eigenvalue weighted by Gasteiger charge is -2.28. The molecule has 0 aromatic heterocycles. The fraction of sp³-hybridized carbons (Fsp3) is 0.556. The Morgan fingerprint density at radius 3 is 2.78 bits per heavy atom. The molecule has 0 bridgehead atoms. The maximum atomic E-state index is 11.6. The van der Waals surface area contributed by atoms with Crippen LogP contribution in [0.5, 0.6) is 0 Å².